The summed E-state index contributed by atoms with van der Waals surface area (Å²) >= 11 is 0. The molecule has 0 bridgehead atoms. The van der Waals surface area contributed by atoms with E-state index in [1.807, 2.05) is 24.3 Å². The molecule has 152 valence electrons. The molecule has 2 heterocycles. The Hall–Kier alpha value is -2.61. The van der Waals surface area contributed by atoms with Gasteiger partial charge in [-0.05, 0) is 42.9 Å². The van der Waals surface area contributed by atoms with Gasteiger partial charge in [-0.15, -0.1) is 0 Å². The molecule has 29 heavy (non-hydrogen) atoms. The number of alkyl halides is 2. The number of aromatic nitrogens is 1. The van der Waals surface area contributed by atoms with Crippen LogP contribution in [0, 0.1) is 11.3 Å². The summed E-state index contributed by atoms with van der Waals surface area (Å²) in [5.41, 5.74) is 4.44. The van der Waals surface area contributed by atoms with Crippen LogP contribution < -0.4 is 0 Å². The van der Waals surface area contributed by atoms with Crippen molar-refractivity contribution in [3.8, 4) is 6.07 Å². The number of hydrogen-bond donors (Lipinski definition) is 0. The van der Waals surface area contributed by atoms with Crippen molar-refractivity contribution in [2.75, 3.05) is 19.9 Å². The highest BCUT2D eigenvalue weighted by molar-refractivity contribution is 5.93. The minimum atomic E-state index is -0.836. The van der Waals surface area contributed by atoms with Crippen LogP contribution in [0.15, 0.2) is 36.4 Å². The third-order valence-electron chi connectivity index (χ3n) is 6.29. The second kappa shape index (κ2) is 8.02. The lowest BCUT2D eigenvalue weighted by Gasteiger charge is -2.36. The Morgan fingerprint density at radius 1 is 1.21 bits per heavy atom. The molecular weight excluding hydrogens is 368 g/mol. The van der Waals surface area contributed by atoms with Crippen molar-refractivity contribution in [2.24, 2.45) is 0 Å². The van der Waals surface area contributed by atoms with Crippen molar-refractivity contribution in [3.63, 3.8) is 0 Å². The van der Waals surface area contributed by atoms with Crippen LogP contribution in [0.5, 0.6) is 0 Å². The van der Waals surface area contributed by atoms with Crippen LogP contribution in [0.1, 0.15) is 61.9 Å². The number of nitrogens with zero attached hydrogens (tertiary/aromatic N) is 3. The maximum atomic E-state index is 13.6. The Morgan fingerprint density at radius 2 is 1.97 bits per heavy atom. The molecule has 1 saturated carbocycles. The Kier molecular flexibility index (Phi) is 5.45. The third-order valence-corrected chi connectivity index (χ3v) is 6.29. The highest BCUT2D eigenvalue weighted by atomic mass is 19.1. The van der Waals surface area contributed by atoms with E-state index in [1.54, 1.807) is 4.90 Å². The van der Waals surface area contributed by atoms with Gasteiger partial charge in [0.2, 0.25) is 0 Å². The fourth-order valence-corrected chi connectivity index (χ4v) is 4.37. The van der Waals surface area contributed by atoms with Gasteiger partial charge in [0.25, 0.3) is 0 Å². The van der Waals surface area contributed by atoms with Gasteiger partial charge < -0.3 is 9.47 Å². The zero-order chi connectivity index (χ0) is 20.5. The summed E-state index contributed by atoms with van der Waals surface area (Å²) in [7, 11) is 0. The lowest BCUT2D eigenvalue weighted by Crippen LogP contribution is -2.39. The molecule has 0 N–H and O–H groups in total. The quantitative estimate of drug-likeness (QED) is 0.611. The molecule has 0 saturated heterocycles. The first-order chi connectivity index (χ1) is 14.1. The molecule has 0 unspecified atom stereocenters. The van der Waals surface area contributed by atoms with E-state index < -0.39 is 19.4 Å². The molecule has 2 aliphatic rings. The molecule has 0 atom stereocenters. The Labute approximate surface area is 170 Å². The van der Waals surface area contributed by atoms with E-state index >= 15 is 0 Å². The molecule has 0 spiro atoms. The number of benzene rings is 1. The summed E-state index contributed by atoms with van der Waals surface area (Å²) in [6.45, 7) is 3.24. The summed E-state index contributed by atoms with van der Waals surface area (Å²) in [6.07, 6.45) is 9.01. The minimum Gasteiger partial charge on any atom is -0.358 e. The van der Waals surface area contributed by atoms with Crippen LogP contribution in [0.2, 0.25) is 0 Å². The van der Waals surface area contributed by atoms with E-state index in [1.165, 1.54) is 5.56 Å². The molecule has 1 aromatic carbocycles. The van der Waals surface area contributed by atoms with Crippen molar-refractivity contribution < 1.29 is 8.78 Å². The van der Waals surface area contributed by atoms with Gasteiger partial charge in [-0.2, -0.15) is 5.26 Å². The number of fused-ring (bicyclic) bond motifs is 1. The number of halogens is 2. The molecule has 0 radical (unpaired) electrons. The molecule has 4 rings (SSSR count). The van der Waals surface area contributed by atoms with E-state index in [-0.39, 0.29) is 0 Å². The summed E-state index contributed by atoms with van der Waals surface area (Å²) in [6, 6.07) is 8.20. The predicted octanol–water partition coefficient (Wildman–Crippen LogP) is 5.88. The second-order valence-corrected chi connectivity index (χ2v) is 8.32. The Morgan fingerprint density at radius 3 is 2.55 bits per heavy atom. The van der Waals surface area contributed by atoms with Gasteiger partial charge in [0.15, 0.2) is 0 Å². The van der Waals surface area contributed by atoms with Gasteiger partial charge in [-0.1, -0.05) is 38.1 Å². The van der Waals surface area contributed by atoms with Crippen molar-refractivity contribution >= 4 is 16.6 Å². The SMILES string of the molecule is CC(C)c1ccc2c(C#N)c(C3=CC=CCN3C(CF)CF)n(C3CCC3)c2c1. The number of allylic oxidation sites excluding steroid dienone is 2. The first-order valence-electron chi connectivity index (χ1n) is 10.4. The molecular formula is C24H27F2N3. The summed E-state index contributed by atoms with van der Waals surface area (Å²) in [5, 5.41) is 11.0. The highest BCUT2D eigenvalue weighted by Gasteiger charge is 2.32. The van der Waals surface area contributed by atoms with Gasteiger partial charge in [0.05, 0.1) is 28.5 Å². The van der Waals surface area contributed by atoms with Crippen molar-refractivity contribution in [1.29, 1.82) is 5.26 Å². The molecule has 3 nitrogen and oxygen atoms in total. The van der Waals surface area contributed by atoms with E-state index in [9.17, 15) is 14.0 Å². The topological polar surface area (TPSA) is 32.0 Å². The second-order valence-electron chi connectivity index (χ2n) is 8.32. The zero-order valence-corrected chi connectivity index (χ0v) is 17.0. The molecule has 2 aromatic rings. The average molecular weight is 395 g/mol. The van der Waals surface area contributed by atoms with Gasteiger partial charge in [0, 0.05) is 18.0 Å². The molecule has 1 aliphatic carbocycles. The van der Waals surface area contributed by atoms with E-state index in [0.717, 1.165) is 41.6 Å². The van der Waals surface area contributed by atoms with Gasteiger partial charge in [0.1, 0.15) is 19.4 Å². The van der Waals surface area contributed by atoms with E-state index in [0.29, 0.717) is 24.1 Å². The maximum Gasteiger partial charge on any atom is 0.112 e. The molecule has 1 aliphatic heterocycles. The molecule has 1 aromatic heterocycles. The fourth-order valence-electron chi connectivity index (χ4n) is 4.37. The van der Waals surface area contributed by atoms with Crippen LogP contribution in [0.25, 0.3) is 16.6 Å². The molecule has 1 fully saturated rings. The van der Waals surface area contributed by atoms with Gasteiger partial charge >= 0.3 is 0 Å². The van der Waals surface area contributed by atoms with Crippen LogP contribution in [-0.2, 0) is 0 Å². The highest BCUT2D eigenvalue weighted by Crippen LogP contribution is 2.43. The smallest absolute Gasteiger partial charge is 0.112 e. The largest absolute Gasteiger partial charge is 0.358 e. The number of nitriles is 1. The molecule has 0 amide bonds. The Balaban J connectivity index is 1.98. The van der Waals surface area contributed by atoms with Crippen LogP contribution in [0.3, 0.4) is 0 Å². The summed E-state index contributed by atoms with van der Waals surface area (Å²) < 4.78 is 29.5. The minimum absolute atomic E-state index is 0.319. The predicted molar refractivity (Wildman–Crippen MR) is 113 cm³/mol. The lowest BCUT2D eigenvalue weighted by atomic mass is 9.92. The Bertz CT molecular complexity index is 1000. The fraction of sp³-hybridized carbons (Fsp3) is 0.458. The normalized spacial score (nSPS) is 17.1. The number of rotatable bonds is 6. The maximum absolute atomic E-state index is 13.6. The monoisotopic (exact) mass is 395 g/mol. The average Bonchev–Trinajstić information content (AvgIpc) is 3.01. The lowest BCUT2D eigenvalue weighted by molar-refractivity contribution is 0.210. The van der Waals surface area contributed by atoms with Crippen molar-refractivity contribution in [2.45, 2.75) is 51.1 Å². The van der Waals surface area contributed by atoms with Crippen molar-refractivity contribution in [1.82, 2.24) is 9.47 Å². The molecule has 5 heteroatoms. The van der Waals surface area contributed by atoms with Crippen molar-refractivity contribution in [3.05, 3.63) is 53.2 Å². The van der Waals surface area contributed by atoms with E-state index in [2.05, 4.69) is 36.6 Å². The standard InChI is InChI=1S/C24H27F2N3/c1-16(2)17-9-10-20-21(15-27)24(29(23(20)12-17)18-6-5-7-18)22-8-3-4-11-28(22)19(13-25)14-26/h3-4,8-10,12,16,18-19H,5-7,11,13-14H2,1-2H3. The summed E-state index contributed by atoms with van der Waals surface area (Å²) in [4.78, 5) is 1.77. The van der Waals surface area contributed by atoms with Crippen LogP contribution in [0.4, 0.5) is 8.78 Å². The van der Waals surface area contributed by atoms with Crippen LogP contribution >= 0.6 is 0 Å². The third kappa shape index (κ3) is 3.25. The first-order valence-corrected chi connectivity index (χ1v) is 10.4. The zero-order valence-electron chi connectivity index (χ0n) is 17.0. The van der Waals surface area contributed by atoms with Gasteiger partial charge in [-0.25, -0.2) is 8.78 Å². The van der Waals surface area contributed by atoms with Crippen LogP contribution in [-0.4, -0.2) is 35.4 Å². The first kappa shape index (κ1) is 19.7. The van der Waals surface area contributed by atoms with E-state index in [4.69, 9.17) is 0 Å². The summed E-state index contributed by atoms with van der Waals surface area (Å²) in [5.74, 6) is 0.383. The number of hydrogen-bond acceptors (Lipinski definition) is 2. The van der Waals surface area contributed by atoms with Gasteiger partial charge in [-0.3, -0.25) is 0 Å².